The van der Waals surface area contributed by atoms with Gasteiger partial charge in [-0.3, -0.25) is 9.80 Å². The largest absolute Gasteiger partial charge is 0.378 e. The first-order chi connectivity index (χ1) is 9.27. The Bertz CT molecular complexity index is 298. The van der Waals surface area contributed by atoms with Gasteiger partial charge in [0.05, 0.1) is 6.10 Å². The summed E-state index contributed by atoms with van der Waals surface area (Å²) in [7, 11) is 0. The highest BCUT2D eigenvalue weighted by molar-refractivity contribution is 5.07. The van der Waals surface area contributed by atoms with E-state index in [0.29, 0.717) is 6.10 Å². The van der Waals surface area contributed by atoms with Crippen molar-refractivity contribution < 1.29 is 4.74 Å². The molecule has 3 fully saturated rings. The summed E-state index contributed by atoms with van der Waals surface area (Å²) >= 11 is 0. The van der Waals surface area contributed by atoms with Crippen molar-refractivity contribution in [1.82, 2.24) is 9.80 Å². The highest BCUT2D eigenvalue weighted by atomic mass is 16.5. The summed E-state index contributed by atoms with van der Waals surface area (Å²) in [5.41, 5.74) is 6.35. The zero-order valence-corrected chi connectivity index (χ0v) is 12.3. The van der Waals surface area contributed by atoms with Gasteiger partial charge in [-0.05, 0) is 52.1 Å². The quantitative estimate of drug-likeness (QED) is 0.808. The van der Waals surface area contributed by atoms with Crippen molar-refractivity contribution in [2.75, 3.05) is 39.3 Å². The first-order valence-electron chi connectivity index (χ1n) is 8.08. The fourth-order valence-corrected chi connectivity index (χ4v) is 4.27. The molecule has 1 aliphatic carbocycles. The minimum absolute atomic E-state index is 0.258. The van der Waals surface area contributed by atoms with Gasteiger partial charge in [0.25, 0.3) is 0 Å². The topological polar surface area (TPSA) is 41.7 Å². The molecule has 4 nitrogen and oxygen atoms in total. The molecule has 1 unspecified atom stereocenters. The van der Waals surface area contributed by atoms with Crippen LogP contribution >= 0.6 is 0 Å². The van der Waals surface area contributed by atoms with Crippen LogP contribution in [-0.2, 0) is 4.74 Å². The van der Waals surface area contributed by atoms with Crippen LogP contribution in [0.25, 0.3) is 0 Å². The van der Waals surface area contributed by atoms with E-state index in [4.69, 9.17) is 10.5 Å². The molecule has 0 aromatic carbocycles. The average molecular weight is 267 g/mol. The van der Waals surface area contributed by atoms with Crippen molar-refractivity contribution >= 4 is 0 Å². The number of nitrogens with zero attached hydrogens (tertiary/aromatic N) is 2. The van der Waals surface area contributed by atoms with Gasteiger partial charge in [0, 0.05) is 37.8 Å². The molecule has 2 heterocycles. The van der Waals surface area contributed by atoms with E-state index in [0.717, 1.165) is 32.0 Å². The van der Waals surface area contributed by atoms with Gasteiger partial charge in [0.1, 0.15) is 0 Å². The molecule has 3 rings (SSSR count). The van der Waals surface area contributed by atoms with Crippen molar-refractivity contribution in [2.45, 2.75) is 56.7 Å². The molecule has 0 bridgehead atoms. The van der Waals surface area contributed by atoms with Gasteiger partial charge in [0.2, 0.25) is 0 Å². The minimum atomic E-state index is 0.258. The smallest absolute Gasteiger partial charge is 0.0611 e. The Morgan fingerprint density at radius 1 is 1.21 bits per heavy atom. The fraction of sp³-hybridized carbons (Fsp3) is 1.00. The standard InChI is InChI=1S/C15H29N3O/c1-2-19-14-9-15(10-14,12-16)18-8-5-13(11-18)17-6-3-4-7-17/h13-14H,2-12,16H2,1H3. The summed E-state index contributed by atoms with van der Waals surface area (Å²) in [5.74, 6) is 0. The molecule has 3 aliphatic rings. The van der Waals surface area contributed by atoms with Crippen LogP contribution in [0.5, 0.6) is 0 Å². The van der Waals surface area contributed by atoms with Crippen LogP contribution in [0.3, 0.4) is 0 Å². The zero-order chi connectivity index (χ0) is 13.3. The first-order valence-corrected chi connectivity index (χ1v) is 8.08. The highest BCUT2D eigenvalue weighted by Crippen LogP contribution is 2.41. The van der Waals surface area contributed by atoms with Crippen molar-refractivity contribution in [2.24, 2.45) is 5.73 Å². The molecular formula is C15H29N3O. The lowest BCUT2D eigenvalue weighted by Gasteiger charge is -2.52. The predicted octanol–water partition coefficient (Wildman–Crippen LogP) is 1.05. The van der Waals surface area contributed by atoms with Gasteiger partial charge in [-0.1, -0.05) is 0 Å². The lowest BCUT2D eigenvalue weighted by atomic mass is 9.73. The van der Waals surface area contributed by atoms with E-state index in [9.17, 15) is 0 Å². The SMILES string of the molecule is CCOC1CC(CN)(N2CCC(N3CCCC3)C2)C1. The summed E-state index contributed by atoms with van der Waals surface area (Å²) in [6.07, 6.45) is 6.87. The average Bonchev–Trinajstić information content (AvgIpc) is 3.02. The molecule has 4 heteroatoms. The number of rotatable bonds is 5. The van der Waals surface area contributed by atoms with Crippen LogP contribution in [0.2, 0.25) is 0 Å². The molecule has 2 aliphatic heterocycles. The summed E-state index contributed by atoms with van der Waals surface area (Å²) in [6, 6.07) is 0.789. The third kappa shape index (κ3) is 2.56. The predicted molar refractivity (Wildman–Crippen MR) is 77.2 cm³/mol. The van der Waals surface area contributed by atoms with E-state index in [2.05, 4.69) is 16.7 Å². The second-order valence-corrected chi connectivity index (χ2v) is 6.55. The third-order valence-electron chi connectivity index (χ3n) is 5.49. The van der Waals surface area contributed by atoms with Crippen LogP contribution in [0.4, 0.5) is 0 Å². The van der Waals surface area contributed by atoms with E-state index >= 15 is 0 Å². The molecule has 1 saturated carbocycles. The maximum Gasteiger partial charge on any atom is 0.0611 e. The first kappa shape index (κ1) is 13.8. The number of ether oxygens (including phenoxy) is 1. The van der Waals surface area contributed by atoms with Gasteiger partial charge in [-0.25, -0.2) is 0 Å². The van der Waals surface area contributed by atoms with Gasteiger partial charge in [-0.15, -0.1) is 0 Å². The summed E-state index contributed by atoms with van der Waals surface area (Å²) in [5, 5.41) is 0. The summed E-state index contributed by atoms with van der Waals surface area (Å²) in [4.78, 5) is 5.37. The minimum Gasteiger partial charge on any atom is -0.378 e. The molecule has 0 radical (unpaired) electrons. The number of nitrogens with two attached hydrogens (primary N) is 1. The monoisotopic (exact) mass is 267 g/mol. The second-order valence-electron chi connectivity index (χ2n) is 6.55. The number of likely N-dealkylation sites (tertiary alicyclic amines) is 2. The van der Waals surface area contributed by atoms with Gasteiger partial charge in [0.15, 0.2) is 0 Å². The van der Waals surface area contributed by atoms with E-state index < -0.39 is 0 Å². The molecule has 0 amide bonds. The van der Waals surface area contributed by atoms with E-state index in [1.54, 1.807) is 0 Å². The lowest BCUT2D eigenvalue weighted by Crippen LogP contribution is -2.63. The van der Waals surface area contributed by atoms with E-state index in [-0.39, 0.29) is 5.54 Å². The zero-order valence-electron chi connectivity index (χ0n) is 12.3. The molecular weight excluding hydrogens is 238 g/mol. The second kappa shape index (κ2) is 5.68. The molecule has 110 valence electrons. The third-order valence-corrected chi connectivity index (χ3v) is 5.49. The Kier molecular flexibility index (Phi) is 4.13. The highest BCUT2D eigenvalue weighted by Gasteiger charge is 2.50. The summed E-state index contributed by atoms with van der Waals surface area (Å²) in [6.45, 7) is 8.81. The molecule has 0 aromatic rings. The van der Waals surface area contributed by atoms with Crippen LogP contribution < -0.4 is 5.73 Å². The molecule has 19 heavy (non-hydrogen) atoms. The Labute approximate surface area is 117 Å². The van der Waals surface area contributed by atoms with Crippen LogP contribution in [-0.4, -0.2) is 66.8 Å². The molecule has 2 saturated heterocycles. The van der Waals surface area contributed by atoms with Crippen molar-refractivity contribution in [3.63, 3.8) is 0 Å². The van der Waals surface area contributed by atoms with Crippen molar-refractivity contribution in [1.29, 1.82) is 0 Å². The Balaban J connectivity index is 1.54. The molecule has 0 spiro atoms. The maximum atomic E-state index is 6.10. The lowest BCUT2D eigenvalue weighted by molar-refractivity contribution is -0.0945. The molecule has 1 atom stereocenters. The van der Waals surface area contributed by atoms with Crippen LogP contribution in [0.1, 0.15) is 39.0 Å². The fourth-order valence-electron chi connectivity index (χ4n) is 4.27. The van der Waals surface area contributed by atoms with Gasteiger partial charge < -0.3 is 10.5 Å². The molecule has 2 N–H and O–H groups in total. The van der Waals surface area contributed by atoms with Crippen LogP contribution in [0, 0.1) is 0 Å². The van der Waals surface area contributed by atoms with Gasteiger partial charge in [-0.2, -0.15) is 0 Å². The molecule has 0 aromatic heterocycles. The maximum absolute atomic E-state index is 6.10. The van der Waals surface area contributed by atoms with E-state index in [1.807, 2.05) is 0 Å². The summed E-state index contributed by atoms with van der Waals surface area (Å²) < 4.78 is 5.73. The number of hydrogen-bond donors (Lipinski definition) is 1. The Hall–Kier alpha value is -0.160. The Morgan fingerprint density at radius 3 is 2.58 bits per heavy atom. The van der Waals surface area contributed by atoms with Gasteiger partial charge >= 0.3 is 0 Å². The van der Waals surface area contributed by atoms with Crippen molar-refractivity contribution in [3.05, 3.63) is 0 Å². The normalized spacial score (nSPS) is 40.7. The Morgan fingerprint density at radius 2 is 1.95 bits per heavy atom. The number of hydrogen-bond acceptors (Lipinski definition) is 4. The van der Waals surface area contributed by atoms with E-state index in [1.165, 1.54) is 45.4 Å². The van der Waals surface area contributed by atoms with Crippen LogP contribution in [0.15, 0.2) is 0 Å². The van der Waals surface area contributed by atoms with Crippen molar-refractivity contribution in [3.8, 4) is 0 Å².